The maximum absolute atomic E-state index is 13.7. The minimum atomic E-state index is -0.671. The highest BCUT2D eigenvalue weighted by Crippen LogP contribution is 2.49. The van der Waals surface area contributed by atoms with Gasteiger partial charge in [-0.2, -0.15) is 0 Å². The molecule has 6 aliphatic heterocycles. The van der Waals surface area contributed by atoms with Crippen molar-refractivity contribution in [3.63, 3.8) is 0 Å². The van der Waals surface area contributed by atoms with E-state index in [-0.39, 0.29) is 42.6 Å². The molecule has 4 saturated heterocycles. The SMILES string of the molecule is O=C1CCC(N2Cc3c(ccc4c3OC[C@@H]3CN(C(=O)CN5CCC6(CC5)CN(c5ccc([C@@H]7c8ccc(O)cc8CC[C@@H]7c7ccccc7)cc5)C6)CCN43)C2=O)C(=O)N1. The second-order valence-corrected chi connectivity index (χ2v) is 18.5. The number of hydrogen-bond acceptors (Lipinski definition) is 9. The van der Waals surface area contributed by atoms with Gasteiger partial charge in [-0.3, -0.25) is 29.4 Å². The number of hydrogen-bond donors (Lipinski definition) is 2. The van der Waals surface area contributed by atoms with Crippen molar-refractivity contribution in [3.05, 3.63) is 118 Å². The molecule has 4 aromatic rings. The van der Waals surface area contributed by atoms with E-state index in [9.17, 15) is 24.3 Å². The summed E-state index contributed by atoms with van der Waals surface area (Å²) in [4.78, 5) is 62.1. The van der Waals surface area contributed by atoms with Gasteiger partial charge in [0.15, 0.2) is 0 Å². The highest BCUT2D eigenvalue weighted by atomic mass is 16.5. The number of ether oxygens (including phenoxy) is 1. The Kier molecular flexibility index (Phi) is 9.32. The number of amides is 4. The lowest BCUT2D eigenvalue weighted by Crippen LogP contribution is -2.62. The standard InChI is InChI=1S/C49H52N6O6/c56-36-11-13-38-33(24-36)8-12-37(31-4-2-1-3-5-31)45(38)32-6-9-34(10-7-32)53-29-49(30-53)18-20-51(21-19-49)27-44(58)52-22-23-54-35(25-52)28-61-46-40-26-55(42-16-17-43(57)50-47(42)59)48(60)39(40)14-15-41(46)54/h1-7,9-11,13-15,24,35,37,42,45,56H,8,12,16-23,25-30H2,(H,50,57,59)/t35-,37+,42?,45-/m0/s1. The fraction of sp³-hybridized carbons (Fsp3) is 0.429. The topological polar surface area (TPSA) is 126 Å². The molecule has 12 nitrogen and oxygen atoms in total. The fourth-order valence-electron chi connectivity index (χ4n) is 11.6. The van der Waals surface area contributed by atoms with Crippen LogP contribution in [0.15, 0.2) is 84.9 Å². The normalized spacial score (nSPS) is 25.5. The van der Waals surface area contributed by atoms with Crippen molar-refractivity contribution in [3.8, 4) is 11.5 Å². The Morgan fingerprint density at radius 2 is 1.64 bits per heavy atom. The molecule has 4 amide bonds. The Hall–Kier alpha value is -5.88. The molecule has 1 spiro atoms. The lowest BCUT2D eigenvalue weighted by Gasteiger charge is -2.55. The molecule has 1 aliphatic carbocycles. The van der Waals surface area contributed by atoms with Gasteiger partial charge in [-0.25, -0.2) is 0 Å². The number of benzene rings is 4. The third kappa shape index (κ3) is 6.70. The zero-order valence-corrected chi connectivity index (χ0v) is 34.4. The summed E-state index contributed by atoms with van der Waals surface area (Å²) in [6.45, 7) is 6.97. The van der Waals surface area contributed by atoms with Gasteiger partial charge in [-0.15, -0.1) is 0 Å². The fourth-order valence-corrected chi connectivity index (χ4v) is 11.6. The average Bonchev–Trinajstić information content (AvgIpc) is 3.61. The molecule has 314 valence electrons. The molecule has 4 atom stereocenters. The van der Waals surface area contributed by atoms with E-state index in [2.05, 4.69) is 80.7 Å². The van der Waals surface area contributed by atoms with Crippen LogP contribution in [0.25, 0.3) is 0 Å². The van der Waals surface area contributed by atoms with Gasteiger partial charge in [0.05, 0.1) is 24.8 Å². The van der Waals surface area contributed by atoms with Crippen LogP contribution in [-0.4, -0.2) is 114 Å². The van der Waals surface area contributed by atoms with Gasteiger partial charge in [0.25, 0.3) is 5.91 Å². The molecule has 0 saturated carbocycles. The first kappa shape index (κ1) is 38.1. The van der Waals surface area contributed by atoms with E-state index in [1.165, 1.54) is 27.9 Å². The van der Waals surface area contributed by atoms with Gasteiger partial charge in [-0.05, 0) is 110 Å². The molecule has 1 unspecified atom stereocenters. The van der Waals surface area contributed by atoms with Crippen LogP contribution in [0.4, 0.5) is 11.4 Å². The number of carbonyl (C=O) groups is 4. The van der Waals surface area contributed by atoms with Gasteiger partial charge in [0.1, 0.15) is 24.1 Å². The maximum Gasteiger partial charge on any atom is 0.255 e. The van der Waals surface area contributed by atoms with Crippen molar-refractivity contribution in [2.24, 2.45) is 5.41 Å². The zero-order valence-electron chi connectivity index (χ0n) is 34.4. The lowest BCUT2D eigenvalue weighted by atomic mass is 9.69. The summed E-state index contributed by atoms with van der Waals surface area (Å²) in [6, 6.07) is 29.1. The van der Waals surface area contributed by atoms with E-state index in [0.29, 0.717) is 67.6 Å². The minimum absolute atomic E-state index is 0.0180. The summed E-state index contributed by atoms with van der Waals surface area (Å²) in [5.74, 6) is 0.886. The van der Waals surface area contributed by atoms with Gasteiger partial charge in [0.2, 0.25) is 17.7 Å². The van der Waals surface area contributed by atoms with Crippen LogP contribution in [0, 0.1) is 5.41 Å². The Labute approximate surface area is 356 Å². The van der Waals surface area contributed by atoms with Crippen molar-refractivity contribution in [2.45, 2.75) is 69.0 Å². The number of imide groups is 1. The van der Waals surface area contributed by atoms with Crippen molar-refractivity contribution in [1.82, 2.24) is 20.0 Å². The van der Waals surface area contributed by atoms with Crippen molar-refractivity contribution in [1.29, 1.82) is 0 Å². The van der Waals surface area contributed by atoms with Crippen LogP contribution in [0.3, 0.4) is 0 Å². The highest BCUT2D eigenvalue weighted by molar-refractivity contribution is 6.06. The molecule has 61 heavy (non-hydrogen) atoms. The predicted octanol–water partition coefficient (Wildman–Crippen LogP) is 5.03. The van der Waals surface area contributed by atoms with Crippen LogP contribution in [0.5, 0.6) is 11.5 Å². The van der Waals surface area contributed by atoms with Crippen molar-refractivity contribution >= 4 is 35.0 Å². The first-order chi connectivity index (χ1) is 29.7. The minimum Gasteiger partial charge on any atom is -0.508 e. The summed E-state index contributed by atoms with van der Waals surface area (Å²) < 4.78 is 6.36. The van der Waals surface area contributed by atoms with E-state index >= 15 is 0 Å². The number of phenolic OH excluding ortho intramolecular Hbond substituents is 1. The number of rotatable bonds is 6. The number of likely N-dealkylation sites (tertiary alicyclic amines) is 1. The molecule has 7 aliphatic rings. The van der Waals surface area contributed by atoms with E-state index in [4.69, 9.17) is 4.74 Å². The number of piperazine rings is 1. The first-order valence-corrected chi connectivity index (χ1v) is 22.1. The Balaban J connectivity index is 0.680. The number of carbonyl (C=O) groups excluding carboxylic acids is 4. The quantitative estimate of drug-likeness (QED) is 0.258. The molecular formula is C49H52N6O6. The molecule has 12 heteroatoms. The van der Waals surface area contributed by atoms with Crippen LogP contribution in [0.1, 0.15) is 82.1 Å². The van der Waals surface area contributed by atoms with E-state index in [1.807, 2.05) is 29.2 Å². The number of anilines is 2. The highest BCUT2D eigenvalue weighted by Gasteiger charge is 2.46. The third-order valence-corrected chi connectivity index (χ3v) is 15.0. The van der Waals surface area contributed by atoms with Crippen LogP contribution in [0.2, 0.25) is 0 Å². The number of nitrogens with zero attached hydrogens (tertiary/aromatic N) is 5. The Bertz CT molecular complexity index is 2410. The molecule has 6 heterocycles. The van der Waals surface area contributed by atoms with Gasteiger partial charge in [-0.1, -0.05) is 48.5 Å². The molecular weight excluding hydrogens is 769 g/mol. The largest absolute Gasteiger partial charge is 0.508 e. The molecule has 11 rings (SSSR count). The molecule has 4 fully saturated rings. The molecule has 2 N–H and O–H groups in total. The number of phenols is 1. The number of nitrogens with one attached hydrogen (secondary N) is 1. The summed E-state index contributed by atoms with van der Waals surface area (Å²) in [6.07, 6.45) is 4.73. The Morgan fingerprint density at radius 1 is 0.836 bits per heavy atom. The second kappa shape index (κ2) is 14.9. The Morgan fingerprint density at radius 3 is 2.43 bits per heavy atom. The van der Waals surface area contributed by atoms with Crippen molar-refractivity contribution in [2.75, 3.05) is 68.8 Å². The van der Waals surface area contributed by atoms with E-state index < -0.39 is 11.9 Å². The first-order valence-electron chi connectivity index (χ1n) is 22.1. The van der Waals surface area contributed by atoms with E-state index in [0.717, 1.165) is 63.1 Å². The van der Waals surface area contributed by atoms with Crippen LogP contribution < -0.4 is 19.9 Å². The zero-order chi connectivity index (χ0) is 41.4. The smallest absolute Gasteiger partial charge is 0.255 e. The molecule has 0 radical (unpaired) electrons. The third-order valence-electron chi connectivity index (χ3n) is 15.0. The van der Waals surface area contributed by atoms with Crippen LogP contribution in [-0.2, 0) is 27.3 Å². The predicted molar refractivity (Wildman–Crippen MR) is 230 cm³/mol. The molecule has 4 aromatic carbocycles. The average molecular weight is 821 g/mol. The van der Waals surface area contributed by atoms with Crippen molar-refractivity contribution < 1.29 is 29.0 Å². The summed E-state index contributed by atoms with van der Waals surface area (Å²) in [7, 11) is 0. The van der Waals surface area contributed by atoms with Crippen LogP contribution >= 0.6 is 0 Å². The van der Waals surface area contributed by atoms with E-state index in [1.54, 1.807) is 4.90 Å². The van der Waals surface area contributed by atoms with Gasteiger partial charge < -0.3 is 29.4 Å². The number of piperidine rings is 2. The second-order valence-electron chi connectivity index (χ2n) is 18.5. The molecule has 0 bridgehead atoms. The van der Waals surface area contributed by atoms with Gasteiger partial charge in [0, 0.05) is 67.3 Å². The monoisotopic (exact) mass is 820 g/mol. The summed E-state index contributed by atoms with van der Waals surface area (Å²) in [5, 5.41) is 12.6. The lowest BCUT2D eigenvalue weighted by molar-refractivity contribution is -0.137. The number of aromatic hydroxyl groups is 1. The number of fused-ring (bicyclic) bond motifs is 6. The van der Waals surface area contributed by atoms with Gasteiger partial charge >= 0.3 is 0 Å². The summed E-state index contributed by atoms with van der Waals surface area (Å²) in [5.41, 5.74) is 9.09. The molecule has 0 aromatic heterocycles. The summed E-state index contributed by atoms with van der Waals surface area (Å²) >= 11 is 0. The number of aryl methyl sites for hydroxylation is 1. The maximum atomic E-state index is 13.7.